The number of aryl methyl sites for hydroxylation is 2. The summed E-state index contributed by atoms with van der Waals surface area (Å²) in [5.41, 5.74) is 3.18. The number of rotatable bonds is 33. The van der Waals surface area contributed by atoms with E-state index in [4.69, 9.17) is 23.7 Å². The Bertz CT molecular complexity index is 2780. The van der Waals surface area contributed by atoms with E-state index in [-0.39, 0.29) is 85.4 Å². The zero-order chi connectivity index (χ0) is 64.0. The van der Waals surface area contributed by atoms with Crippen molar-refractivity contribution < 1.29 is 62.4 Å². The van der Waals surface area contributed by atoms with Crippen LogP contribution >= 0.6 is 0 Å². The third kappa shape index (κ3) is 19.5. The molecule has 5 aliphatic carbocycles. The first-order valence-corrected chi connectivity index (χ1v) is 33.1. The molecule has 2 fully saturated rings. The van der Waals surface area contributed by atoms with Gasteiger partial charge in [-0.2, -0.15) is 0 Å². The molecule has 20 nitrogen and oxygen atoms in total. The average Bonchev–Trinajstić information content (AvgIpc) is 1.43. The first-order chi connectivity index (χ1) is 42.8. The van der Waals surface area contributed by atoms with Gasteiger partial charge in [-0.25, -0.2) is 0 Å². The van der Waals surface area contributed by atoms with Gasteiger partial charge in [0.05, 0.1) is 63.7 Å². The molecule has 492 valence electrons. The Hall–Kier alpha value is -5.95. The highest BCUT2D eigenvalue weighted by atomic mass is 16.6. The molecule has 0 radical (unpaired) electrons. The molecule has 89 heavy (non-hydrogen) atoms. The molecular formula is C69H103N7O13. The number of carbonyl (C=O) groups excluding carboxylic acids is 7. The van der Waals surface area contributed by atoms with Gasteiger partial charge in [0.15, 0.2) is 0 Å². The molecule has 7 rings (SSSR count). The number of ether oxygens (including phenoxy) is 5. The van der Waals surface area contributed by atoms with E-state index in [0.717, 1.165) is 113 Å². The molecule has 2 saturated carbocycles. The SMILES string of the molecule is CNCCCC[C@@H](NC(=O)CCOCCOCCOCCOCCNC(=O)COC1C#CCCCCC1)C(=O)NC(C(=O)N[C@@H](C)C(=O)Nc1ccc2c(c1)[C@@]1(C)CCC[C@](C)(C(=O)NC(=O)[C@@]3(C)CCCC4c5cc(O)ccc5CC[C@H]43)C1CC2)C(C)C. The summed E-state index contributed by atoms with van der Waals surface area (Å²) in [4.78, 5) is 96.3. The van der Waals surface area contributed by atoms with Crippen LogP contribution in [0.25, 0.3) is 0 Å². The summed E-state index contributed by atoms with van der Waals surface area (Å²) in [6.07, 6.45) is 14.6. The molecule has 2 aromatic carbocycles. The van der Waals surface area contributed by atoms with Gasteiger partial charge in [-0.1, -0.05) is 71.9 Å². The van der Waals surface area contributed by atoms with Gasteiger partial charge in [-0.3, -0.25) is 38.9 Å². The summed E-state index contributed by atoms with van der Waals surface area (Å²) in [6.45, 7) is 15.0. The van der Waals surface area contributed by atoms with E-state index in [2.05, 4.69) is 56.0 Å². The van der Waals surface area contributed by atoms with Crippen molar-refractivity contribution in [3.05, 3.63) is 58.7 Å². The fourth-order valence-corrected chi connectivity index (χ4v) is 14.5. The van der Waals surface area contributed by atoms with Crippen LogP contribution in [-0.4, -0.2) is 150 Å². The van der Waals surface area contributed by atoms with Crippen LogP contribution in [0.2, 0.25) is 0 Å². The molecule has 4 unspecified atom stereocenters. The first kappa shape index (κ1) is 70.5. The highest BCUT2D eigenvalue weighted by Crippen LogP contribution is 2.59. The van der Waals surface area contributed by atoms with Crippen LogP contribution in [0.15, 0.2) is 36.4 Å². The molecule has 8 N–H and O–H groups in total. The Labute approximate surface area is 528 Å². The molecule has 0 bridgehead atoms. The molecule has 10 atom stereocenters. The smallest absolute Gasteiger partial charge is 0.246 e. The van der Waals surface area contributed by atoms with Crippen molar-refractivity contribution in [2.45, 2.75) is 199 Å². The highest BCUT2D eigenvalue weighted by molar-refractivity contribution is 6.01. The standard InChI is InChI=1S/C69H103N7O13/c1-46(2)61(75-63(81)57(20-13-14-33-70-7)74-59(78)29-35-85-37-39-87-41-42-88-40-38-86-36-34-71-60(79)45-89-52-17-11-9-8-10-12-18-52)64(82)72-47(3)62(80)73-50-25-21-49-24-28-58-67(4,56(49)43-50)31-16-32-69(58,6)66(84)76-65(83)68(5)30-15-19-53-54-44-51(77)26-22-48(54)23-27-55(53)68/h21-22,25-26,43-44,46-47,52-53,55,57-58,61,70,77H,8-11,13-17,19-20,23-24,27-42,45H2,1-7H3,(H,71,79)(H,72,82)(H,73,80)(H,74,78)(H,75,81)(H,76,83,84)/t47-,52?,53?,55+,57+,58?,61?,67+,68-,69-/m0/s1. The second-order valence-corrected chi connectivity index (χ2v) is 26.3. The van der Waals surface area contributed by atoms with Gasteiger partial charge >= 0.3 is 0 Å². The van der Waals surface area contributed by atoms with Crippen LogP contribution in [-0.2, 0) is 75.5 Å². The lowest BCUT2D eigenvalue weighted by atomic mass is 9.49. The predicted octanol–water partition coefficient (Wildman–Crippen LogP) is 6.97. The molecule has 0 aromatic heterocycles. The van der Waals surface area contributed by atoms with Crippen LogP contribution in [0.5, 0.6) is 5.75 Å². The largest absolute Gasteiger partial charge is 0.508 e. The summed E-state index contributed by atoms with van der Waals surface area (Å²) in [5, 5.41) is 30.8. The highest BCUT2D eigenvalue weighted by Gasteiger charge is 2.57. The minimum absolute atomic E-state index is 0.00551. The number of aromatic hydroxyl groups is 1. The Kier molecular flexibility index (Phi) is 27.3. The summed E-state index contributed by atoms with van der Waals surface area (Å²) in [7, 11) is 1.84. The Morgan fingerprint density at radius 3 is 2.10 bits per heavy atom. The van der Waals surface area contributed by atoms with E-state index in [0.29, 0.717) is 77.6 Å². The molecule has 5 aliphatic rings. The maximum absolute atomic E-state index is 14.7. The van der Waals surface area contributed by atoms with Crippen LogP contribution in [0, 0.1) is 40.4 Å². The number of carbonyl (C=O) groups is 7. The van der Waals surface area contributed by atoms with E-state index in [1.807, 2.05) is 51.2 Å². The Morgan fingerprint density at radius 1 is 0.663 bits per heavy atom. The normalized spacial score (nSPS) is 24.6. The maximum Gasteiger partial charge on any atom is 0.246 e. The van der Waals surface area contributed by atoms with Gasteiger partial charge in [-0.15, -0.1) is 5.92 Å². The third-order valence-electron chi connectivity index (χ3n) is 19.6. The number of nitrogens with one attached hydrogen (secondary N) is 7. The molecule has 0 spiro atoms. The van der Waals surface area contributed by atoms with Crippen LogP contribution < -0.4 is 37.2 Å². The molecule has 7 amide bonds. The summed E-state index contributed by atoms with van der Waals surface area (Å²) < 4.78 is 28.0. The molecule has 20 heteroatoms. The lowest BCUT2D eigenvalue weighted by Crippen LogP contribution is -2.58. The number of hydrogen-bond donors (Lipinski definition) is 8. The van der Waals surface area contributed by atoms with E-state index in [1.165, 1.54) is 5.56 Å². The Morgan fingerprint density at radius 2 is 1.36 bits per heavy atom. The third-order valence-corrected chi connectivity index (χ3v) is 19.6. The summed E-state index contributed by atoms with van der Waals surface area (Å²) in [6, 6.07) is 8.61. The van der Waals surface area contributed by atoms with Crippen LogP contribution in [0.4, 0.5) is 5.69 Å². The van der Waals surface area contributed by atoms with Crippen LogP contribution in [0.1, 0.15) is 179 Å². The Balaban J connectivity index is 0.816. The van der Waals surface area contributed by atoms with Crippen LogP contribution in [0.3, 0.4) is 0 Å². The van der Waals surface area contributed by atoms with E-state index in [9.17, 15) is 38.7 Å². The minimum atomic E-state index is -1.01. The van der Waals surface area contributed by atoms with Crippen molar-refractivity contribution in [1.29, 1.82) is 0 Å². The van der Waals surface area contributed by atoms with Gasteiger partial charge in [0.2, 0.25) is 41.4 Å². The molecule has 2 aromatic rings. The summed E-state index contributed by atoms with van der Waals surface area (Å²) in [5.74, 6) is 3.73. The molecule has 0 heterocycles. The van der Waals surface area contributed by atoms with Crippen molar-refractivity contribution in [2.24, 2.45) is 28.6 Å². The van der Waals surface area contributed by atoms with E-state index in [1.54, 1.807) is 26.8 Å². The molecule has 0 saturated heterocycles. The number of anilines is 1. The van der Waals surface area contributed by atoms with Crippen molar-refractivity contribution in [3.8, 4) is 17.6 Å². The number of amides is 7. The molecular weight excluding hydrogens is 1130 g/mol. The van der Waals surface area contributed by atoms with E-state index >= 15 is 0 Å². The van der Waals surface area contributed by atoms with Gasteiger partial charge in [0, 0.05) is 25.1 Å². The number of hydrogen-bond acceptors (Lipinski definition) is 14. The van der Waals surface area contributed by atoms with Crippen molar-refractivity contribution in [3.63, 3.8) is 0 Å². The van der Waals surface area contributed by atoms with Gasteiger partial charge in [-0.05, 0) is 186 Å². The monoisotopic (exact) mass is 1240 g/mol. The quantitative estimate of drug-likeness (QED) is 0.0204. The second kappa shape index (κ2) is 34.5. The number of phenols is 1. The topological polar surface area (TPSA) is 270 Å². The van der Waals surface area contributed by atoms with Gasteiger partial charge in [0.25, 0.3) is 0 Å². The summed E-state index contributed by atoms with van der Waals surface area (Å²) >= 11 is 0. The van der Waals surface area contributed by atoms with Crippen molar-refractivity contribution >= 4 is 47.0 Å². The number of fused-ring (bicyclic) bond motifs is 6. The number of benzene rings is 2. The number of imide groups is 1. The first-order valence-electron chi connectivity index (χ1n) is 33.1. The zero-order valence-electron chi connectivity index (χ0n) is 54.1. The zero-order valence-corrected chi connectivity index (χ0v) is 54.1. The minimum Gasteiger partial charge on any atom is -0.508 e. The maximum atomic E-state index is 14.7. The molecule has 0 aliphatic heterocycles. The fraction of sp³-hybridized carbons (Fsp3) is 0.696. The number of phenolic OH excluding ortho intramolecular Hbond substituents is 1. The second-order valence-electron chi connectivity index (χ2n) is 26.3. The number of unbranched alkanes of at least 4 members (excludes halogenated alkanes) is 1. The van der Waals surface area contributed by atoms with Crippen molar-refractivity contribution in [1.82, 2.24) is 31.9 Å². The van der Waals surface area contributed by atoms with Gasteiger partial charge < -0.3 is 60.7 Å². The van der Waals surface area contributed by atoms with Gasteiger partial charge in [0.1, 0.15) is 36.6 Å². The van der Waals surface area contributed by atoms with Crippen molar-refractivity contribution in [2.75, 3.05) is 84.9 Å². The lowest BCUT2D eigenvalue weighted by molar-refractivity contribution is -0.149. The average molecular weight is 1240 g/mol. The predicted molar refractivity (Wildman–Crippen MR) is 340 cm³/mol. The lowest BCUT2D eigenvalue weighted by Gasteiger charge is -2.55. The fourth-order valence-electron chi connectivity index (χ4n) is 14.5. The van der Waals surface area contributed by atoms with E-state index < -0.39 is 52.1 Å².